The summed E-state index contributed by atoms with van der Waals surface area (Å²) in [7, 11) is 0. The normalized spacial score (nSPS) is 10.3. The lowest BCUT2D eigenvalue weighted by molar-refractivity contribution is 0.628. The van der Waals surface area contributed by atoms with Crippen LogP contribution < -0.4 is 10.6 Å². The van der Waals surface area contributed by atoms with Crippen LogP contribution in [0.3, 0.4) is 0 Å². The van der Waals surface area contributed by atoms with E-state index >= 15 is 0 Å². The van der Waals surface area contributed by atoms with E-state index in [1.54, 1.807) is 12.1 Å². The summed E-state index contributed by atoms with van der Waals surface area (Å²) >= 11 is 0. The summed E-state index contributed by atoms with van der Waals surface area (Å²) in [5.74, 6) is -0.209. The van der Waals surface area contributed by atoms with E-state index in [-0.39, 0.29) is 5.82 Å². The van der Waals surface area contributed by atoms with Gasteiger partial charge in [-0.05, 0) is 55.3 Å². The third kappa shape index (κ3) is 3.71. The molecule has 0 aromatic heterocycles. The van der Waals surface area contributed by atoms with E-state index in [9.17, 15) is 4.39 Å². The summed E-state index contributed by atoms with van der Waals surface area (Å²) in [6, 6.07) is 12.6. The lowest BCUT2D eigenvalue weighted by atomic mass is 10.1. The largest absolute Gasteiger partial charge is 0.383 e. The molecule has 0 unspecified atom stereocenters. The van der Waals surface area contributed by atoms with Gasteiger partial charge in [0.15, 0.2) is 0 Å². The first-order valence-corrected chi connectivity index (χ1v) is 6.46. The van der Waals surface area contributed by atoms with E-state index in [0.29, 0.717) is 0 Å². The van der Waals surface area contributed by atoms with Crippen molar-refractivity contribution in [2.45, 2.75) is 13.8 Å². The van der Waals surface area contributed by atoms with Gasteiger partial charge in [0.1, 0.15) is 5.82 Å². The highest BCUT2D eigenvalue weighted by Gasteiger charge is 1.99. The van der Waals surface area contributed by atoms with Gasteiger partial charge in [0, 0.05) is 24.5 Å². The molecule has 0 amide bonds. The van der Waals surface area contributed by atoms with Gasteiger partial charge in [-0.15, -0.1) is 0 Å². The number of benzene rings is 2. The Morgan fingerprint density at radius 1 is 0.895 bits per heavy atom. The van der Waals surface area contributed by atoms with Crippen molar-refractivity contribution in [1.29, 1.82) is 0 Å². The number of nitrogens with one attached hydrogen (secondary N) is 2. The summed E-state index contributed by atoms with van der Waals surface area (Å²) < 4.78 is 12.7. The average molecular weight is 258 g/mol. The van der Waals surface area contributed by atoms with E-state index in [0.717, 1.165) is 18.8 Å². The summed E-state index contributed by atoms with van der Waals surface area (Å²) in [5.41, 5.74) is 4.67. The molecule has 2 aromatic carbocycles. The predicted octanol–water partition coefficient (Wildman–Crippen LogP) is 3.97. The molecule has 0 aliphatic carbocycles. The van der Waals surface area contributed by atoms with Crippen molar-refractivity contribution in [2.24, 2.45) is 0 Å². The van der Waals surface area contributed by atoms with E-state index in [4.69, 9.17) is 0 Å². The van der Waals surface area contributed by atoms with E-state index < -0.39 is 0 Å². The van der Waals surface area contributed by atoms with Gasteiger partial charge in [-0.25, -0.2) is 4.39 Å². The fourth-order valence-corrected chi connectivity index (χ4v) is 1.91. The molecule has 100 valence electrons. The second-order valence-corrected chi connectivity index (χ2v) is 4.61. The summed E-state index contributed by atoms with van der Waals surface area (Å²) in [6.45, 7) is 5.84. The third-order valence-electron chi connectivity index (χ3n) is 3.22. The Bertz CT molecular complexity index is 535. The molecule has 0 radical (unpaired) electrons. The Morgan fingerprint density at radius 3 is 2.32 bits per heavy atom. The molecule has 0 saturated heterocycles. The summed E-state index contributed by atoms with van der Waals surface area (Å²) in [5, 5.41) is 6.65. The van der Waals surface area contributed by atoms with E-state index in [1.807, 2.05) is 0 Å². The van der Waals surface area contributed by atoms with Gasteiger partial charge in [0.05, 0.1) is 0 Å². The molecule has 2 rings (SSSR count). The van der Waals surface area contributed by atoms with Crippen molar-refractivity contribution in [1.82, 2.24) is 0 Å². The van der Waals surface area contributed by atoms with Crippen LogP contribution in [0.4, 0.5) is 15.8 Å². The fraction of sp³-hybridized carbons (Fsp3) is 0.250. The maximum Gasteiger partial charge on any atom is 0.123 e. The Balaban J connectivity index is 1.81. The summed E-state index contributed by atoms with van der Waals surface area (Å²) in [4.78, 5) is 0. The van der Waals surface area contributed by atoms with Crippen LogP contribution in [0.25, 0.3) is 0 Å². The van der Waals surface area contributed by atoms with Crippen molar-refractivity contribution in [3.05, 3.63) is 59.4 Å². The monoisotopic (exact) mass is 258 g/mol. The van der Waals surface area contributed by atoms with Crippen LogP contribution in [0.5, 0.6) is 0 Å². The molecule has 0 heterocycles. The zero-order valence-corrected chi connectivity index (χ0v) is 11.3. The number of hydrogen-bond acceptors (Lipinski definition) is 2. The molecule has 3 heteroatoms. The topological polar surface area (TPSA) is 24.1 Å². The Labute approximate surface area is 113 Å². The number of hydrogen-bond donors (Lipinski definition) is 2. The van der Waals surface area contributed by atoms with Crippen molar-refractivity contribution >= 4 is 11.4 Å². The van der Waals surface area contributed by atoms with Crippen LogP contribution in [-0.4, -0.2) is 13.1 Å². The standard InChI is InChI=1S/C16H19FN2/c1-12-4-3-5-16(13(12)2)19-11-10-18-15-8-6-14(17)7-9-15/h3-9,18-19H,10-11H2,1-2H3. The lowest BCUT2D eigenvalue weighted by Crippen LogP contribution is -2.14. The minimum Gasteiger partial charge on any atom is -0.383 e. The Kier molecular flexibility index (Phi) is 4.39. The molecule has 0 fully saturated rings. The second-order valence-electron chi connectivity index (χ2n) is 4.61. The SMILES string of the molecule is Cc1cccc(NCCNc2ccc(F)cc2)c1C. The molecule has 0 aliphatic heterocycles. The first kappa shape index (κ1) is 13.4. The maximum atomic E-state index is 12.7. The first-order chi connectivity index (χ1) is 9.16. The maximum absolute atomic E-state index is 12.7. The number of aryl methyl sites for hydroxylation is 1. The number of rotatable bonds is 5. The van der Waals surface area contributed by atoms with Crippen molar-refractivity contribution in [3.8, 4) is 0 Å². The molecule has 2 nitrogen and oxygen atoms in total. The van der Waals surface area contributed by atoms with E-state index in [1.165, 1.54) is 28.9 Å². The van der Waals surface area contributed by atoms with Gasteiger partial charge in [0.25, 0.3) is 0 Å². The second kappa shape index (κ2) is 6.23. The predicted molar refractivity (Wildman–Crippen MR) is 79.3 cm³/mol. The fourth-order valence-electron chi connectivity index (χ4n) is 1.91. The molecular weight excluding hydrogens is 239 g/mol. The number of anilines is 2. The first-order valence-electron chi connectivity index (χ1n) is 6.46. The van der Waals surface area contributed by atoms with Crippen molar-refractivity contribution < 1.29 is 4.39 Å². The van der Waals surface area contributed by atoms with Crippen LogP contribution in [-0.2, 0) is 0 Å². The van der Waals surface area contributed by atoms with Crippen LogP contribution >= 0.6 is 0 Å². The lowest BCUT2D eigenvalue weighted by Gasteiger charge is -2.12. The highest BCUT2D eigenvalue weighted by molar-refractivity contribution is 5.53. The third-order valence-corrected chi connectivity index (χ3v) is 3.22. The van der Waals surface area contributed by atoms with E-state index in [2.05, 4.69) is 42.7 Å². The Morgan fingerprint density at radius 2 is 1.58 bits per heavy atom. The number of halogens is 1. The zero-order valence-electron chi connectivity index (χ0n) is 11.3. The highest BCUT2D eigenvalue weighted by atomic mass is 19.1. The van der Waals surface area contributed by atoms with Crippen molar-refractivity contribution in [2.75, 3.05) is 23.7 Å². The Hall–Kier alpha value is -2.03. The molecule has 19 heavy (non-hydrogen) atoms. The molecular formula is C16H19FN2. The molecule has 0 bridgehead atoms. The molecule has 2 N–H and O–H groups in total. The van der Waals surface area contributed by atoms with Gasteiger partial charge < -0.3 is 10.6 Å². The summed E-state index contributed by atoms with van der Waals surface area (Å²) in [6.07, 6.45) is 0. The van der Waals surface area contributed by atoms with Gasteiger partial charge in [-0.3, -0.25) is 0 Å². The van der Waals surface area contributed by atoms with Crippen LogP contribution in [0.1, 0.15) is 11.1 Å². The molecule has 2 aromatic rings. The molecule has 0 atom stereocenters. The van der Waals surface area contributed by atoms with Crippen LogP contribution in [0.15, 0.2) is 42.5 Å². The molecule has 0 aliphatic rings. The smallest absolute Gasteiger partial charge is 0.123 e. The zero-order chi connectivity index (χ0) is 13.7. The minimum atomic E-state index is -0.209. The quantitative estimate of drug-likeness (QED) is 0.793. The minimum absolute atomic E-state index is 0.209. The van der Waals surface area contributed by atoms with Crippen molar-refractivity contribution in [3.63, 3.8) is 0 Å². The van der Waals surface area contributed by atoms with Gasteiger partial charge in [-0.2, -0.15) is 0 Å². The van der Waals surface area contributed by atoms with Crippen LogP contribution in [0.2, 0.25) is 0 Å². The molecule has 0 spiro atoms. The van der Waals surface area contributed by atoms with Crippen LogP contribution in [0, 0.1) is 19.7 Å². The average Bonchev–Trinajstić information content (AvgIpc) is 2.41. The van der Waals surface area contributed by atoms with Gasteiger partial charge >= 0.3 is 0 Å². The molecule has 0 saturated carbocycles. The highest BCUT2D eigenvalue weighted by Crippen LogP contribution is 2.17. The van der Waals surface area contributed by atoms with Gasteiger partial charge in [0.2, 0.25) is 0 Å². The van der Waals surface area contributed by atoms with Gasteiger partial charge in [-0.1, -0.05) is 12.1 Å².